The van der Waals surface area contributed by atoms with Crippen LogP contribution in [0.25, 0.3) is 0 Å². The van der Waals surface area contributed by atoms with Crippen LogP contribution < -0.4 is 15.5 Å². The van der Waals surface area contributed by atoms with E-state index in [0.717, 1.165) is 0 Å². The summed E-state index contributed by atoms with van der Waals surface area (Å²) in [6.45, 7) is 2.17. The number of aryl methyl sites for hydroxylation is 1. The molecule has 1 saturated heterocycles. The lowest BCUT2D eigenvalue weighted by molar-refractivity contribution is -0.118. The Morgan fingerprint density at radius 1 is 1.48 bits per heavy atom. The second kappa shape index (κ2) is 6.97. The molecule has 2 heterocycles. The van der Waals surface area contributed by atoms with Gasteiger partial charge >= 0.3 is 0 Å². The van der Waals surface area contributed by atoms with Gasteiger partial charge in [0.1, 0.15) is 16.9 Å². The predicted molar refractivity (Wildman–Crippen MR) is 96.0 cm³/mol. The average Bonchev–Trinajstić information content (AvgIpc) is 3.13. The minimum absolute atomic E-state index is 0.0450. The van der Waals surface area contributed by atoms with Crippen LogP contribution in [-0.2, 0) is 4.79 Å². The quantitative estimate of drug-likeness (QED) is 0.852. The summed E-state index contributed by atoms with van der Waals surface area (Å²) in [5.74, 6) is -1.13. The fourth-order valence-corrected chi connectivity index (χ4v) is 3.68. The highest BCUT2D eigenvalue weighted by molar-refractivity contribution is 7.10. The first-order valence-corrected chi connectivity index (χ1v) is 8.78. The van der Waals surface area contributed by atoms with Crippen molar-refractivity contribution in [2.24, 2.45) is 0 Å². The summed E-state index contributed by atoms with van der Waals surface area (Å²) in [4.78, 5) is 26.6. The molecule has 6 nitrogen and oxygen atoms in total. The zero-order chi connectivity index (χ0) is 18.1. The molecule has 25 heavy (non-hydrogen) atoms. The average molecular weight is 383 g/mol. The van der Waals surface area contributed by atoms with Crippen molar-refractivity contribution in [1.29, 1.82) is 0 Å². The van der Waals surface area contributed by atoms with Gasteiger partial charge in [0.2, 0.25) is 5.91 Å². The number of carbonyl (C=O) groups excluding carboxylic acids is 2. The fourth-order valence-electron chi connectivity index (χ4n) is 2.76. The van der Waals surface area contributed by atoms with Gasteiger partial charge in [-0.2, -0.15) is 4.37 Å². The summed E-state index contributed by atoms with van der Waals surface area (Å²) in [6.07, 6.45) is 0.463. The predicted octanol–water partition coefficient (Wildman–Crippen LogP) is 2.82. The Morgan fingerprint density at radius 3 is 2.92 bits per heavy atom. The summed E-state index contributed by atoms with van der Waals surface area (Å²) in [7, 11) is 1.71. The number of aromatic nitrogens is 1. The maximum Gasteiger partial charge on any atom is 0.256 e. The van der Waals surface area contributed by atoms with Gasteiger partial charge < -0.3 is 15.5 Å². The van der Waals surface area contributed by atoms with E-state index in [4.69, 9.17) is 11.6 Å². The highest BCUT2D eigenvalue weighted by Crippen LogP contribution is 2.27. The van der Waals surface area contributed by atoms with Gasteiger partial charge in [-0.15, -0.1) is 0 Å². The number of carbonyl (C=O) groups is 2. The lowest BCUT2D eigenvalue weighted by atomic mass is 10.2. The van der Waals surface area contributed by atoms with Crippen LogP contribution in [0.2, 0.25) is 5.02 Å². The van der Waals surface area contributed by atoms with E-state index < -0.39 is 11.9 Å². The molecule has 1 aromatic heterocycles. The molecule has 0 saturated carbocycles. The van der Waals surface area contributed by atoms with Gasteiger partial charge in [0.15, 0.2) is 0 Å². The fraction of sp³-hybridized carbons (Fsp3) is 0.312. The van der Waals surface area contributed by atoms with Crippen LogP contribution in [0.4, 0.5) is 15.1 Å². The van der Waals surface area contributed by atoms with Gasteiger partial charge in [0.05, 0.1) is 16.3 Å². The van der Waals surface area contributed by atoms with Crippen LogP contribution in [0.15, 0.2) is 18.2 Å². The topological polar surface area (TPSA) is 74.3 Å². The molecule has 1 aromatic carbocycles. The normalized spacial score (nSPS) is 17.0. The Balaban J connectivity index is 1.75. The van der Waals surface area contributed by atoms with Gasteiger partial charge in [-0.05, 0) is 43.1 Å². The zero-order valence-corrected chi connectivity index (χ0v) is 15.2. The van der Waals surface area contributed by atoms with Gasteiger partial charge in [0, 0.05) is 19.3 Å². The molecule has 2 N–H and O–H groups in total. The largest absolute Gasteiger partial charge is 0.378 e. The third-order valence-corrected chi connectivity index (χ3v) is 5.29. The standard InChI is InChI=1S/C16H16ClFN4O2S/c1-8-13(15(19-2)25-21-8)14(23)20-12-5-6-22(16(12)24)9-3-4-11(18)10(17)7-9/h3-4,7,12,19H,5-6H2,1-2H3,(H,20,23). The molecular weight excluding hydrogens is 367 g/mol. The number of hydrogen-bond acceptors (Lipinski definition) is 5. The first-order chi connectivity index (χ1) is 11.9. The minimum Gasteiger partial charge on any atom is -0.378 e. The SMILES string of the molecule is CNc1snc(C)c1C(=O)NC1CCN(c2ccc(F)c(Cl)c2)C1=O. The highest BCUT2D eigenvalue weighted by Gasteiger charge is 2.34. The summed E-state index contributed by atoms with van der Waals surface area (Å²) in [6, 6.07) is 3.48. The second-order valence-corrected chi connectivity index (χ2v) is 6.81. The third-order valence-electron chi connectivity index (χ3n) is 4.04. The molecule has 2 aromatic rings. The van der Waals surface area contributed by atoms with E-state index in [0.29, 0.717) is 34.9 Å². The molecule has 1 unspecified atom stereocenters. The van der Waals surface area contributed by atoms with Crippen LogP contribution in [-0.4, -0.2) is 35.8 Å². The molecule has 0 spiro atoms. The Labute approximate surface area is 153 Å². The molecule has 2 amide bonds. The Morgan fingerprint density at radius 2 is 2.24 bits per heavy atom. The molecule has 0 radical (unpaired) electrons. The van der Waals surface area contributed by atoms with Crippen LogP contribution >= 0.6 is 23.1 Å². The van der Waals surface area contributed by atoms with Crippen molar-refractivity contribution >= 4 is 45.6 Å². The van der Waals surface area contributed by atoms with E-state index in [1.54, 1.807) is 14.0 Å². The number of rotatable bonds is 4. The summed E-state index contributed by atoms with van der Waals surface area (Å²) >= 11 is 6.98. The number of amides is 2. The van der Waals surface area contributed by atoms with Crippen LogP contribution in [0.3, 0.4) is 0 Å². The van der Waals surface area contributed by atoms with Gasteiger partial charge in [-0.1, -0.05) is 11.6 Å². The first kappa shape index (κ1) is 17.6. The minimum atomic E-state index is -0.639. The van der Waals surface area contributed by atoms with Crippen LogP contribution in [0.1, 0.15) is 22.5 Å². The number of halogens is 2. The summed E-state index contributed by atoms with van der Waals surface area (Å²) in [5.41, 5.74) is 1.57. The summed E-state index contributed by atoms with van der Waals surface area (Å²) in [5, 5.41) is 6.30. The molecular formula is C16H16ClFN4O2S. The van der Waals surface area contributed by atoms with Crippen molar-refractivity contribution in [3.63, 3.8) is 0 Å². The monoisotopic (exact) mass is 382 g/mol. The molecule has 9 heteroatoms. The molecule has 1 atom stereocenters. The number of benzene rings is 1. The molecule has 132 valence electrons. The summed E-state index contributed by atoms with van der Waals surface area (Å²) < 4.78 is 17.4. The van der Waals surface area contributed by atoms with Gasteiger partial charge in [-0.3, -0.25) is 9.59 Å². The van der Waals surface area contributed by atoms with Crippen molar-refractivity contribution < 1.29 is 14.0 Å². The lowest BCUT2D eigenvalue weighted by Crippen LogP contribution is -2.41. The van der Waals surface area contributed by atoms with E-state index in [9.17, 15) is 14.0 Å². The number of nitrogens with zero attached hydrogens (tertiary/aromatic N) is 2. The molecule has 1 fully saturated rings. The molecule has 1 aliphatic rings. The highest BCUT2D eigenvalue weighted by atomic mass is 35.5. The van der Waals surface area contributed by atoms with E-state index in [1.807, 2.05) is 0 Å². The van der Waals surface area contributed by atoms with Crippen molar-refractivity contribution in [1.82, 2.24) is 9.69 Å². The molecule has 3 rings (SSSR count). The molecule has 0 bridgehead atoms. The first-order valence-electron chi connectivity index (χ1n) is 7.63. The van der Waals surface area contributed by atoms with E-state index in [-0.39, 0.29) is 16.8 Å². The smallest absolute Gasteiger partial charge is 0.256 e. The maximum absolute atomic E-state index is 13.3. The number of hydrogen-bond donors (Lipinski definition) is 2. The molecule has 1 aliphatic heterocycles. The van der Waals surface area contributed by atoms with Crippen LogP contribution in [0.5, 0.6) is 0 Å². The maximum atomic E-state index is 13.3. The Kier molecular flexibility index (Phi) is 4.91. The van der Waals surface area contributed by atoms with Crippen molar-refractivity contribution in [3.8, 4) is 0 Å². The van der Waals surface area contributed by atoms with E-state index >= 15 is 0 Å². The van der Waals surface area contributed by atoms with Gasteiger partial charge in [0.25, 0.3) is 5.91 Å². The zero-order valence-electron chi connectivity index (χ0n) is 13.6. The second-order valence-electron chi connectivity index (χ2n) is 5.63. The lowest BCUT2D eigenvalue weighted by Gasteiger charge is -2.17. The Bertz CT molecular complexity index is 842. The van der Waals surface area contributed by atoms with Crippen molar-refractivity contribution in [2.45, 2.75) is 19.4 Å². The van der Waals surface area contributed by atoms with Crippen LogP contribution in [0, 0.1) is 12.7 Å². The molecule has 0 aliphatic carbocycles. The number of anilines is 2. The number of nitrogens with one attached hydrogen (secondary N) is 2. The van der Waals surface area contributed by atoms with Crippen molar-refractivity contribution in [2.75, 3.05) is 23.8 Å². The Hall–Kier alpha value is -2.19. The third kappa shape index (κ3) is 3.32. The van der Waals surface area contributed by atoms with E-state index in [1.165, 1.54) is 34.6 Å². The van der Waals surface area contributed by atoms with E-state index in [2.05, 4.69) is 15.0 Å². The van der Waals surface area contributed by atoms with Crippen molar-refractivity contribution in [3.05, 3.63) is 40.3 Å². The van der Waals surface area contributed by atoms with Gasteiger partial charge in [-0.25, -0.2) is 4.39 Å².